The van der Waals surface area contributed by atoms with E-state index in [0.29, 0.717) is 25.9 Å². The number of urea groups is 1. The maximum Gasteiger partial charge on any atom is 0.315 e. The van der Waals surface area contributed by atoms with Gasteiger partial charge in [-0.05, 0) is 38.1 Å². The smallest absolute Gasteiger partial charge is 0.315 e. The minimum absolute atomic E-state index is 0.00118. The van der Waals surface area contributed by atoms with Gasteiger partial charge in [0.1, 0.15) is 0 Å². The summed E-state index contributed by atoms with van der Waals surface area (Å²) in [5, 5.41) is 23.1. The van der Waals surface area contributed by atoms with Crippen LogP contribution in [0.3, 0.4) is 0 Å². The highest BCUT2D eigenvalue weighted by Gasteiger charge is 2.43. The summed E-state index contributed by atoms with van der Waals surface area (Å²) in [4.78, 5) is 74.8. The minimum Gasteiger partial charge on any atom is -0.481 e. The van der Waals surface area contributed by atoms with Gasteiger partial charge < -0.3 is 41.5 Å². The van der Waals surface area contributed by atoms with Gasteiger partial charge in [0.15, 0.2) is 5.78 Å². The van der Waals surface area contributed by atoms with Gasteiger partial charge in [-0.3, -0.25) is 24.0 Å². The fourth-order valence-electron chi connectivity index (χ4n) is 6.61. The number of thioether (sulfide) groups is 3. The van der Waals surface area contributed by atoms with Crippen LogP contribution in [0, 0.1) is 0 Å². The maximum atomic E-state index is 12.5. The van der Waals surface area contributed by atoms with Gasteiger partial charge in [-0.2, -0.15) is 60.5 Å². The summed E-state index contributed by atoms with van der Waals surface area (Å²) < 4.78 is 0. The van der Waals surface area contributed by atoms with Gasteiger partial charge in [-0.15, -0.1) is 0 Å². The SMILES string of the molecule is CN(CCSCc1ccccc1)CC(CCC(=O)CNC(=O)CC1SCC2NC(=O)NC21)NC(=O)CS.CN(CCSCc1ccccc1)CC(CCC(=O)O)NC(=O)CS. The van der Waals surface area contributed by atoms with Crippen molar-refractivity contribution in [2.45, 2.75) is 73.0 Å². The van der Waals surface area contributed by atoms with Gasteiger partial charge in [0.25, 0.3) is 0 Å². The van der Waals surface area contributed by atoms with Crippen LogP contribution in [0.25, 0.3) is 0 Å². The third-order valence-electron chi connectivity index (χ3n) is 9.83. The molecule has 0 bridgehead atoms. The summed E-state index contributed by atoms with van der Waals surface area (Å²) in [6.45, 7) is 2.99. The molecule has 5 unspecified atom stereocenters. The lowest BCUT2D eigenvalue weighted by atomic mass is 10.1. The summed E-state index contributed by atoms with van der Waals surface area (Å²) in [6.07, 6.45) is 1.49. The number of Topliss-reactive ketones (excluding diaryl/α,β-unsaturated/α-hetero) is 1. The molecule has 338 valence electrons. The predicted octanol–water partition coefficient (Wildman–Crippen LogP) is 3.42. The summed E-state index contributed by atoms with van der Waals surface area (Å²) in [7, 11) is 4.00. The van der Waals surface area contributed by atoms with Crippen LogP contribution < -0.4 is 26.6 Å². The molecule has 0 spiro atoms. The standard InChI is InChI=1S/C25H37N5O4S3.C17H26N2O3S2/c1-30(9-10-36-15-17-5-3-2-4-6-17)13-18(27-23(33)14-35)7-8-19(31)12-26-22(32)11-21-24-20(16-37-21)28-25(34)29-24;1-19(9-10-24-13-14-5-3-2-4-6-14)11-15(7-8-17(21)22)18-16(20)12-23/h2-6,18,20-21,24,35H,7-16H2,1H3,(H,26,32)(H,27,33)(H2,28,29,34);2-6,15,23H,7-13H2,1H3,(H,18,20)(H,21,22). The number of carbonyl (C=O) groups is 6. The Hall–Kier alpha value is -3.07. The molecule has 4 rings (SSSR count). The van der Waals surface area contributed by atoms with Crippen molar-refractivity contribution in [1.29, 1.82) is 0 Å². The Morgan fingerprint density at radius 2 is 1.30 bits per heavy atom. The van der Waals surface area contributed by atoms with Gasteiger partial charge in [-0.1, -0.05) is 60.7 Å². The molecule has 0 saturated carbocycles. The molecule has 19 heteroatoms. The summed E-state index contributed by atoms with van der Waals surface area (Å²) >= 11 is 13.4. The van der Waals surface area contributed by atoms with E-state index in [4.69, 9.17) is 5.11 Å². The third-order valence-corrected chi connectivity index (χ3v) is 13.9. The van der Waals surface area contributed by atoms with E-state index in [1.807, 2.05) is 74.0 Å². The Kier molecular flexibility index (Phi) is 25.8. The summed E-state index contributed by atoms with van der Waals surface area (Å²) in [5.74, 6) is 3.42. The third kappa shape index (κ3) is 22.7. The second-order valence-corrected chi connectivity index (χ2v) is 19.2. The monoisotopic (exact) mass is 937 g/mol. The minimum atomic E-state index is -0.846. The van der Waals surface area contributed by atoms with Gasteiger partial charge in [-0.25, -0.2) is 4.79 Å². The first kappa shape index (κ1) is 52.3. The molecule has 2 saturated heterocycles. The predicted molar refractivity (Wildman–Crippen MR) is 256 cm³/mol. The molecule has 2 aromatic carbocycles. The van der Waals surface area contributed by atoms with E-state index >= 15 is 0 Å². The van der Waals surface area contributed by atoms with E-state index in [0.717, 1.165) is 41.9 Å². The molecule has 6 N–H and O–H groups in total. The fourth-order valence-corrected chi connectivity index (χ4v) is 10.3. The number of carbonyl (C=O) groups excluding carboxylic acids is 5. The highest BCUT2D eigenvalue weighted by Crippen LogP contribution is 2.32. The van der Waals surface area contributed by atoms with E-state index in [9.17, 15) is 28.8 Å². The zero-order chi connectivity index (χ0) is 44.4. The highest BCUT2D eigenvalue weighted by molar-refractivity contribution is 8.00. The number of benzene rings is 2. The average molecular weight is 938 g/mol. The molecular weight excluding hydrogens is 875 g/mol. The van der Waals surface area contributed by atoms with Crippen molar-refractivity contribution < 1.29 is 33.9 Å². The molecule has 2 aromatic rings. The van der Waals surface area contributed by atoms with Crippen molar-refractivity contribution in [3.63, 3.8) is 0 Å². The Bertz CT molecular complexity index is 1650. The first-order valence-corrected chi connectivity index (χ1v) is 25.1. The zero-order valence-electron chi connectivity index (χ0n) is 35.1. The van der Waals surface area contributed by atoms with Gasteiger partial charge in [0, 0.05) is 91.5 Å². The van der Waals surface area contributed by atoms with Gasteiger partial charge in [0.05, 0.1) is 30.1 Å². The number of aliphatic carboxylic acids is 1. The van der Waals surface area contributed by atoms with Crippen molar-refractivity contribution in [3.05, 3.63) is 71.8 Å². The van der Waals surface area contributed by atoms with Crippen LogP contribution >= 0.6 is 60.5 Å². The second kappa shape index (κ2) is 30.1. The number of rotatable bonds is 28. The number of ketones is 1. The lowest BCUT2D eigenvalue weighted by Gasteiger charge is -2.25. The van der Waals surface area contributed by atoms with Crippen molar-refractivity contribution >= 4 is 96.0 Å². The van der Waals surface area contributed by atoms with Gasteiger partial charge in [0.2, 0.25) is 17.7 Å². The quantitative estimate of drug-likeness (QED) is 0.0354. The number of likely N-dealkylation sites (N-methyl/N-ethyl adjacent to an activating group) is 2. The molecule has 2 aliphatic rings. The zero-order valence-corrected chi connectivity index (χ0v) is 39.3. The molecule has 2 aliphatic heterocycles. The van der Waals surface area contributed by atoms with E-state index < -0.39 is 5.97 Å². The van der Waals surface area contributed by atoms with E-state index in [2.05, 4.69) is 85.9 Å². The largest absolute Gasteiger partial charge is 0.481 e. The molecule has 2 fully saturated rings. The fraction of sp³-hybridized carbons (Fsp3) is 0.571. The molecule has 5 amide bonds. The van der Waals surface area contributed by atoms with E-state index in [1.165, 1.54) is 11.1 Å². The Labute approximate surface area is 384 Å². The van der Waals surface area contributed by atoms with E-state index in [-0.39, 0.29) is 96.3 Å². The molecule has 61 heavy (non-hydrogen) atoms. The van der Waals surface area contributed by atoms with Crippen molar-refractivity contribution in [2.24, 2.45) is 0 Å². The van der Waals surface area contributed by atoms with Crippen molar-refractivity contribution in [3.8, 4) is 0 Å². The number of carboxylic acid groups (broad SMARTS) is 1. The highest BCUT2D eigenvalue weighted by atomic mass is 32.2. The number of hydrogen-bond acceptors (Lipinski definition) is 13. The molecular formula is C42H63N7O7S5. The Balaban J connectivity index is 0.000000358. The average Bonchev–Trinajstić information content (AvgIpc) is 3.81. The van der Waals surface area contributed by atoms with E-state index in [1.54, 1.807) is 11.8 Å². The number of fused-ring (bicyclic) bond motifs is 1. The number of nitrogens with one attached hydrogen (secondary N) is 5. The lowest BCUT2D eigenvalue weighted by molar-refractivity contribution is -0.137. The van der Waals surface area contributed by atoms with Crippen molar-refractivity contribution in [1.82, 2.24) is 36.4 Å². The van der Waals surface area contributed by atoms with Crippen LogP contribution in [-0.2, 0) is 35.5 Å². The molecule has 0 aliphatic carbocycles. The van der Waals surface area contributed by atoms with Crippen LogP contribution in [-0.4, -0.2) is 155 Å². The second-order valence-electron chi connectivity index (χ2n) is 15.1. The number of thiol groups is 2. The molecule has 2 heterocycles. The maximum absolute atomic E-state index is 12.5. The van der Waals surface area contributed by atoms with Crippen LogP contribution in [0.5, 0.6) is 0 Å². The first-order chi connectivity index (χ1) is 29.3. The Morgan fingerprint density at radius 1 is 0.787 bits per heavy atom. The first-order valence-electron chi connectivity index (χ1n) is 20.4. The number of amides is 5. The topological polar surface area (TPSA) is 189 Å². The normalized spacial score (nSPS) is 17.6. The summed E-state index contributed by atoms with van der Waals surface area (Å²) in [5.41, 5.74) is 2.61. The summed E-state index contributed by atoms with van der Waals surface area (Å²) in [6, 6.07) is 20.1. The molecule has 14 nitrogen and oxygen atoms in total. The van der Waals surface area contributed by atoms with Crippen LogP contribution in [0.15, 0.2) is 60.7 Å². The number of hydrogen-bond donors (Lipinski definition) is 8. The van der Waals surface area contributed by atoms with Crippen LogP contribution in [0.2, 0.25) is 0 Å². The Morgan fingerprint density at radius 3 is 1.79 bits per heavy atom. The lowest BCUT2D eigenvalue weighted by Crippen LogP contribution is -2.44. The van der Waals surface area contributed by atoms with Gasteiger partial charge >= 0.3 is 12.0 Å². The number of nitrogens with zero attached hydrogens (tertiary/aromatic N) is 2. The molecule has 0 aromatic heterocycles. The number of carboxylic acids is 1. The van der Waals surface area contributed by atoms with Crippen molar-refractivity contribution in [2.75, 3.05) is 75.6 Å². The van der Waals surface area contributed by atoms with Crippen LogP contribution in [0.1, 0.15) is 43.2 Å². The molecule has 5 atom stereocenters. The van der Waals surface area contributed by atoms with Crippen LogP contribution in [0.4, 0.5) is 4.79 Å². The molecule has 0 radical (unpaired) electrons.